The summed E-state index contributed by atoms with van der Waals surface area (Å²) in [5.41, 5.74) is 0. The molecule has 0 aromatic carbocycles. The first-order valence-corrected chi connectivity index (χ1v) is 6.28. The fourth-order valence-corrected chi connectivity index (χ4v) is 2.05. The molecule has 0 heterocycles. The maximum atomic E-state index is 2.33. The standard InChI is InChI=1S/C10H20.C3H8.2CH4/c1-3-9-5-7-10(4-2)8-6-9;1-3-2;;/h9-10H,3-8H2,1-2H3;3H2,1-2H3;2*1H4. The van der Waals surface area contributed by atoms with Crippen molar-refractivity contribution in [2.45, 2.75) is 87.5 Å². The normalized spacial score (nSPS) is 24.0. The molecule has 0 saturated heterocycles. The Morgan fingerprint density at radius 1 is 0.667 bits per heavy atom. The van der Waals surface area contributed by atoms with Gasteiger partial charge in [0.1, 0.15) is 0 Å². The molecule has 0 bridgehead atoms. The zero-order valence-corrected chi connectivity index (χ0v) is 10.1. The van der Waals surface area contributed by atoms with E-state index in [9.17, 15) is 0 Å². The largest absolute Gasteiger partial charge is 0.0776 e. The number of hydrogen-bond acceptors (Lipinski definition) is 0. The van der Waals surface area contributed by atoms with Crippen molar-refractivity contribution >= 4 is 0 Å². The first-order valence-electron chi connectivity index (χ1n) is 6.28. The summed E-state index contributed by atoms with van der Waals surface area (Å²) in [4.78, 5) is 0. The van der Waals surface area contributed by atoms with Crippen LogP contribution in [0.4, 0.5) is 0 Å². The molecule has 1 saturated carbocycles. The van der Waals surface area contributed by atoms with E-state index < -0.39 is 0 Å². The van der Waals surface area contributed by atoms with Crippen LogP contribution in [-0.4, -0.2) is 0 Å². The molecule has 1 aliphatic rings. The van der Waals surface area contributed by atoms with Crippen molar-refractivity contribution in [1.82, 2.24) is 0 Å². The Labute approximate surface area is 99.9 Å². The maximum Gasteiger partial charge on any atom is -0.0417 e. The first kappa shape index (κ1) is 20.4. The van der Waals surface area contributed by atoms with Crippen LogP contribution in [0.3, 0.4) is 0 Å². The molecule has 0 amide bonds. The number of rotatable bonds is 2. The molecular formula is C15H36. The quantitative estimate of drug-likeness (QED) is 0.508. The third-order valence-corrected chi connectivity index (χ3v) is 3.12. The highest BCUT2D eigenvalue weighted by atomic mass is 14.2. The second kappa shape index (κ2) is 14.0. The molecule has 0 aliphatic heterocycles. The van der Waals surface area contributed by atoms with E-state index in [0.29, 0.717) is 0 Å². The van der Waals surface area contributed by atoms with Gasteiger partial charge >= 0.3 is 0 Å². The van der Waals surface area contributed by atoms with E-state index in [1.54, 1.807) is 0 Å². The minimum Gasteiger partial charge on any atom is -0.0776 e. The van der Waals surface area contributed by atoms with Gasteiger partial charge in [-0.1, -0.05) is 87.5 Å². The van der Waals surface area contributed by atoms with Crippen LogP contribution in [0.5, 0.6) is 0 Å². The summed E-state index contributed by atoms with van der Waals surface area (Å²) in [7, 11) is 0. The molecule has 0 unspecified atom stereocenters. The Hall–Kier alpha value is 0. The van der Waals surface area contributed by atoms with Gasteiger partial charge in [0.15, 0.2) is 0 Å². The van der Waals surface area contributed by atoms with E-state index in [2.05, 4.69) is 27.7 Å². The molecule has 0 atom stereocenters. The zero-order chi connectivity index (χ0) is 10.1. The maximum absolute atomic E-state index is 2.33. The van der Waals surface area contributed by atoms with E-state index in [4.69, 9.17) is 0 Å². The van der Waals surface area contributed by atoms with Gasteiger partial charge in [0.05, 0.1) is 0 Å². The van der Waals surface area contributed by atoms with Gasteiger partial charge in [-0.15, -0.1) is 0 Å². The van der Waals surface area contributed by atoms with Gasteiger partial charge in [0.25, 0.3) is 0 Å². The van der Waals surface area contributed by atoms with Crippen LogP contribution < -0.4 is 0 Å². The van der Waals surface area contributed by atoms with E-state index in [1.807, 2.05) is 0 Å². The summed E-state index contributed by atoms with van der Waals surface area (Å²) in [6, 6.07) is 0. The SMILES string of the molecule is C.C.CCC.CCC1CCC(CC)CC1. The molecule has 1 rings (SSSR count). The zero-order valence-electron chi connectivity index (χ0n) is 10.1. The lowest BCUT2D eigenvalue weighted by molar-refractivity contribution is 0.264. The summed E-state index contributed by atoms with van der Waals surface area (Å²) >= 11 is 0. The van der Waals surface area contributed by atoms with Crippen LogP contribution in [0.2, 0.25) is 0 Å². The van der Waals surface area contributed by atoms with Crippen molar-refractivity contribution in [3.05, 3.63) is 0 Å². The molecular weight excluding hydrogens is 180 g/mol. The highest BCUT2D eigenvalue weighted by molar-refractivity contribution is 4.70. The Morgan fingerprint density at radius 3 is 1.00 bits per heavy atom. The highest BCUT2D eigenvalue weighted by Gasteiger charge is 2.17. The van der Waals surface area contributed by atoms with Crippen LogP contribution in [0.25, 0.3) is 0 Å². The van der Waals surface area contributed by atoms with E-state index in [0.717, 1.165) is 11.8 Å². The van der Waals surface area contributed by atoms with Crippen molar-refractivity contribution in [3.63, 3.8) is 0 Å². The number of hydrogen-bond donors (Lipinski definition) is 0. The lowest BCUT2D eigenvalue weighted by Crippen LogP contribution is -2.12. The van der Waals surface area contributed by atoms with Gasteiger partial charge in [-0.25, -0.2) is 0 Å². The molecule has 0 nitrogen and oxygen atoms in total. The van der Waals surface area contributed by atoms with Crippen LogP contribution in [0, 0.1) is 11.8 Å². The third kappa shape index (κ3) is 10.3. The van der Waals surface area contributed by atoms with E-state index in [1.165, 1.54) is 44.9 Å². The van der Waals surface area contributed by atoms with Crippen molar-refractivity contribution in [2.24, 2.45) is 11.8 Å². The summed E-state index contributed by atoms with van der Waals surface area (Å²) in [6.07, 6.45) is 10.1. The third-order valence-electron chi connectivity index (χ3n) is 3.12. The monoisotopic (exact) mass is 216 g/mol. The van der Waals surface area contributed by atoms with Gasteiger partial charge < -0.3 is 0 Å². The molecule has 0 radical (unpaired) electrons. The second-order valence-electron chi connectivity index (χ2n) is 4.41. The van der Waals surface area contributed by atoms with E-state index in [-0.39, 0.29) is 14.9 Å². The van der Waals surface area contributed by atoms with Crippen molar-refractivity contribution in [3.8, 4) is 0 Å². The van der Waals surface area contributed by atoms with Gasteiger partial charge in [-0.2, -0.15) is 0 Å². The smallest absolute Gasteiger partial charge is 0.0417 e. The van der Waals surface area contributed by atoms with Gasteiger partial charge in [-0.05, 0) is 11.8 Å². The Kier molecular flexibility index (Phi) is 19.1. The van der Waals surface area contributed by atoms with Crippen LogP contribution in [0.1, 0.15) is 87.5 Å². The Balaban J connectivity index is -0.000000260. The predicted octanol–water partition coefficient (Wildman–Crippen LogP) is 6.30. The summed E-state index contributed by atoms with van der Waals surface area (Å²) in [5, 5.41) is 0. The topological polar surface area (TPSA) is 0 Å². The summed E-state index contributed by atoms with van der Waals surface area (Å²) < 4.78 is 0. The minimum absolute atomic E-state index is 0. The molecule has 96 valence electrons. The van der Waals surface area contributed by atoms with Crippen LogP contribution in [-0.2, 0) is 0 Å². The van der Waals surface area contributed by atoms with Crippen LogP contribution in [0.15, 0.2) is 0 Å². The molecule has 0 N–H and O–H groups in total. The second-order valence-corrected chi connectivity index (χ2v) is 4.41. The summed E-state index contributed by atoms with van der Waals surface area (Å²) in [6.45, 7) is 8.91. The molecule has 0 spiro atoms. The van der Waals surface area contributed by atoms with Crippen LogP contribution >= 0.6 is 0 Å². The molecule has 1 fully saturated rings. The average molecular weight is 216 g/mol. The van der Waals surface area contributed by atoms with Gasteiger partial charge in [0, 0.05) is 0 Å². The van der Waals surface area contributed by atoms with Crippen molar-refractivity contribution in [2.75, 3.05) is 0 Å². The fraction of sp³-hybridized carbons (Fsp3) is 1.00. The van der Waals surface area contributed by atoms with Crippen molar-refractivity contribution in [1.29, 1.82) is 0 Å². The Morgan fingerprint density at radius 2 is 0.867 bits per heavy atom. The first-order chi connectivity index (χ1) is 6.28. The van der Waals surface area contributed by atoms with Gasteiger partial charge in [0.2, 0.25) is 0 Å². The fourth-order valence-electron chi connectivity index (χ4n) is 2.05. The Bertz CT molecular complexity index is 76.2. The molecule has 0 aromatic rings. The van der Waals surface area contributed by atoms with Crippen molar-refractivity contribution < 1.29 is 0 Å². The lowest BCUT2D eigenvalue weighted by atomic mass is 9.80. The average Bonchev–Trinajstić information content (AvgIpc) is 2.19. The highest BCUT2D eigenvalue weighted by Crippen LogP contribution is 2.31. The lowest BCUT2D eigenvalue weighted by Gasteiger charge is -2.26. The molecule has 15 heavy (non-hydrogen) atoms. The summed E-state index contributed by atoms with van der Waals surface area (Å²) in [5.74, 6) is 2.14. The molecule has 0 aromatic heterocycles. The van der Waals surface area contributed by atoms with E-state index >= 15 is 0 Å². The van der Waals surface area contributed by atoms with Gasteiger partial charge in [-0.3, -0.25) is 0 Å². The predicted molar refractivity (Wildman–Crippen MR) is 75.5 cm³/mol. The molecule has 1 aliphatic carbocycles. The molecule has 0 heteroatoms. The minimum atomic E-state index is 0.